The first-order chi connectivity index (χ1) is 8.90. The standard InChI is InChI=1S/C12H12BrN3O2S/c1-12(2,11-14-5-6-19-11)15-10-4-3-8(16(17)18)7-9(10)13/h3-7,15H,1-2H3. The van der Waals surface area contributed by atoms with Gasteiger partial charge in [-0.25, -0.2) is 4.98 Å². The van der Waals surface area contributed by atoms with Gasteiger partial charge in [-0.3, -0.25) is 10.1 Å². The zero-order chi connectivity index (χ0) is 14.0. The maximum atomic E-state index is 10.7. The first-order valence-electron chi connectivity index (χ1n) is 5.52. The molecule has 1 aromatic carbocycles. The van der Waals surface area contributed by atoms with Crippen molar-refractivity contribution in [2.24, 2.45) is 0 Å². The highest BCUT2D eigenvalue weighted by atomic mass is 79.9. The van der Waals surface area contributed by atoms with Crippen LogP contribution < -0.4 is 5.32 Å². The summed E-state index contributed by atoms with van der Waals surface area (Å²) in [5.41, 5.74) is 0.516. The molecule has 2 aromatic rings. The third-order valence-electron chi connectivity index (χ3n) is 2.58. The van der Waals surface area contributed by atoms with Crippen LogP contribution in [0.4, 0.5) is 11.4 Å². The molecule has 0 atom stereocenters. The molecule has 7 heteroatoms. The lowest BCUT2D eigenvalue weighted by atomic mass is 10.1. The molecule has 0 aliphatic carbocycles. The predicted molar refractivity (Wildman–Crippen MR) is 79.6 cm³/mol. The molecule has 0 aliphatic rings. The van der Waals surface area contributed by atoms with Crippen LogP contribution >= 0.6 is 27.3 Å². The number of halogens is 1. The van der Waals surface area contributed by atoms with Crippen molar-refractivity contribution in [1.82, 2.24) is 4.98 Å². The molecule has 1 N–H and O–H groups in total. The molecule has 5 nitrogen and oxygen atoms in total. The molecular formula is C12H12BrN3O2S. The number of nitro benzene ring substituents is 1. The van der Waals surface area contributed by atoms with E-state index in [1.807, 2.05) is 19.2 Å². The average Bonchev–Trinajstić information content (AvgIpc) is 2.85. The molecule has 1 heterocycles. The smallest absolute Gasteiger partial charge is 0.270 e. The van der Waals surface area contributed by atoms with Crippen LogP contribution in [-0.2, 0) is 5.54 Å². The van der Waals surface area contributed by atoms with Gasteiger partial charge in [0.1, 0.15) is 5.01 Å². The lowest BCUT2D eigenvalue weighted by Crippen LogP contribution is -2.27. The highest BCUT2D eigenvalue weighted by molar-refractivity contribution is 9.10. The molecule has 1 aromatic heterocycles. The molecule has 0 radical (unpaired) electrons. The molecule has 0 unspecified atom stereocenters. The van der Waals surface area contributed by atoms with Gasteiger partial charge < -0.3 is 5.32 Å². The van der Waals surface area contributed by atoms with Crippen molar-refractivity contribution in [2.75, 3.05) is 5.32 Å². The molecule has 0 aliphatic heterocycles. The number of nitrogens with zero attached hydrogens (tertiary/aromatic N) is 2. The Morgan fingerprint density at radius 2 is 2.21 bits per heavy atom. The van der Waals surface area contributed by atoms with Crippen LogP contribution in [0.5, 0.6) is 0 Å². The van der Waals surface area contributed by atoms with Gasteiger partial charge in [-0.15, -0.1) is 11.3 Å². The van der Waals surface area contributed by atoms with E-state index in [1.54, 1.807) is 23.6 Å². The van der Waals surface area contributed by atoms with Crippen LogP contribution in [0.1, 0.15) is 18.9 Å². The van der Waals surface area contributed by atoms with Crippen LogP contribution in [0.2, 0.25) is 0 Å². The van der Waals surface area contributed by atoms with E-state index in [4.69, 9.17) is 0 Å². The molecule has 19 heavy (non-hydrogen) atoms. The van der Waals surface area contributed by atoms with Crippen molar-refractivity contribution >= 4 is 38.6 Å². The molecule has 0 amide bonds. The van der Waals surface area contributed by atoms with Gasteiger partial charge in [0.25, 0.3) is 5.69 Å². The first kappa shape index (κ1) is 14.0. The molecule has 0 saturated carbocycles. The lowest BCUT2D eigenvalue weighted by Gasteiger charge is -2.25. The third-order valence-corrected chi connectivity index (χ3v) is 4.33. The quantitative estimate of drug-likeness (QED) is 0.669. The second-order valence-electron chi connectivity index (χ2n) is 4.51. The fourth-order valence-electron chi connectivity index (χ4n) is 1.64. The van der Waals surface area contributed by atoms with Crippen LogP contribution in [-0.4, -0.2) is 9.91 Å². The summed E-state index contributed by atoms with van der Waals surface area (Å²) in [5, 5.41) is 16.9. The number of hydrogen-bond donors (Lipinski definition) is 1. The second kappa shape index (κ2) is 5.26. The highest BCUT2D eigenvalue weighted by Crippen LogP contribution is 2.33. The Morgan fingerprint density at radius 3 is 2.74 bits per heavy atom. The Labute approximate surface area is 123 Å². The minimum atomic E-state index is -0.416. The number of non-ortho nitro benzene ring substituents is 1. The molecule has 100 valence electrons. The second-order valence-corrected chi connectivity index (χ2v) is 6.26. The summed E-state index contributed by atoms with van der Waals surface area (Å²) in [6.45, 7) is 4.03. The average molecular weight is 342 g/mol. The minimum Gasteiger partial charge on any atom is -0.373 e. The molecular weight excluding hydrogens is 330 g/mol. The summed E-state index contributed by atoms with van der Waals surface area (Å²) in [6, 6.07) is 4.66. The van der Waals surface area contributed by atoms with Gasteiger partial charge in [0.05, 0.1) is 10.5 Å². The van der Waals surface area contributed by atoms with E-state index in [2.05, 4.69) is 26.2 Å². The van der Waals surface area contributed by atoms with Crippen LogP contribution in [0.3, 0.4) is 0 Å². The summed E-state index contributed by atoms with van der Waals surface area (Å²) in [5.74, 6) is 0. The molecule has 0 saturated heterocycles. The Kier molecular flexibility index (Phi) is 3.86. The van der Waals surface area contributed by atoms with E-state index in [9.17, 15) is 10.1 Å². The van der Waals surface area contributed by atoms with Gasteiger partial charge in [-0.2, -0.15) is 0 Å². The minimum absolute atomic E-state index is 0.0597. The first-order valence-corrected chi connectivity index (χ1v) is 7.19. The van der Waals surface area contributed by atoms with E-state index in [-0.39, 0.29) is 11.2 Å². The summed E-state index contributed by atoms with van der Waals surface area (Å²) in [4.78, 5) is 14.6. The maximum absolute atomic E-state index is 10.7. The number of nitro groups is 1. The van der Waals surface area contributed by atoms with Crippen molar-refractivity contribution in [2.45, 2.75) is 19.4 Å². The van der Waals surface area contributed by atoms with Gasteiger partial charge in [0.15, 0.2) is 0 Å². The van der Waals surface area contributed by atoms with Crippen molar-refractivity contribution in [3.05, 3.63) is 49.4 Å². The van der Waals surface area contributed by atoms with Gasteiger partial charge in [0, 0.05) is 33.9 Å². The van der Waals surface area contributed by atoms with Crippen LogP contribution in [0, 0.1) is 10.1 Å². The van der Waals surface area contributed by atoms with Crippen molar-refractivity contribution in [1.29, 1.82) is 0 Å². The van der Waals surface area contributed by atoms with Gasteiger partial charge >= 0.3 is 0 Å². The summed E-state index contributed by atoms with van der Waals surface area (Å²) in [6.07, 6.45) is 1.76. The highest BCUT2D eigenvalue weighted by Gasteiger charge is 2.24. The summed E-state index contributed by atoms with van der Waals surface area (Å²) in [7, 11) is 0. The Balaban J connectivity index is 2.27. The van der Waals surface area contributed by atoms with Gasteiger partial charge in [0.2, 0.25) is 0 Å². The maximum Gasteiger partial charge on any atom is 0.270 e. The number of benzene rings is 1. The number of aromatic nitrogens is 1. The Hall–Kier alpha value is -1.47. The van der Waals surface area contributed by atoms with Crippen molar-refractivity contribution in [3.63, 3.8) is 0 Å². The van der Waals surface area contributed by atoms with E-state index < -0.39 is 4.92 Å². The van der Waals surface area contributed by atoms with Gasteiger partial charge in [-0.1, -0.05) is 0 Å². The van der Waals surface area contributed by atoms with E-state index in [0.29, 0.717) is 4.47 Å². The molecule has 0 fully saturated rings. The zero-order valence-corrected chi connectivity index (χ0v) is 12.8. The summed E-state index contributed by atoms with van der Waals surface area (Å²) >= 11 is 4.91. The zero-order valence-electron chi connectivity index (χ0n) is 10.4. The monoisotopic (exact) mass is 341 g/mol. The Morgan fingerprint density at radius 1 is 1.47 bits per heavy atom. The Bertz CT molecular complexity index is 599. The summed E-state index contributed by atoms with van der Waals surface area (Å²) < 4.78 is 0.659. The fraction of sp³-hybridized carbons (Fsp3) is 0.250. The van der Waals surface area contributed by atoms with Crippen LogP contribution in [0.25, 0.3) is 0 Å². The van der Waals surface area contributed by atoms with E-state index >= 15 is 0 Å². The van der Waals surface area contributed by atoms with Crippen LogP contribution in [0.15, 0.2) is 34.2 Å². The third kappa shape index (κ3) is 3.10. The van der Waals surface area contributed by atoms with E-state index in [0.717, 1.165) is 10.7 Å². The normalized spacial score (nSPS) is 11.3. The van der Waals surface area contributed by atoms with Crippen molar-refractivity contribution in [3.8, 4) is 0 Å². The lowest BCUT2D eigenvalue weighted by molar-refractivity contribution is -0.384. The predicted octanol–water partition coefficient (Wildman–Crippen LogP) is 4.16. The molecule has 0 bridgehead atoms. The van der Waals surface area contributed by atoms with Crippen molar-refractivity contribution < 1.29 is 4.92 Å². The molecule has 2 rings (SSSR count). The van der Waals surface area contributed by atoms with Gasteiger partial charge in [-0.05, 0) is 35.8 Å². The van der Waals surface area contributed by atoms with E-state index in [1.165, 1.54) is 12.1 Å². The topological polar surface area (TPSA) is 68.1 Å². The number of rotatable bonds is 4. The number of thiazole rings is 1. The largest absolute Gasteiger partial charge is 0.373 e. The number of anilines is 1. The number of nitrogens with one attached hydrogen (secondary N) is 1. The SMILES string of the molecule is CC(C)(Nc1ccc([N+](=O)[O-])cc1Br)c1nccs1. The number of hydrogen-bond acceptors (Lipinski definition) is 5. The fourth-order valence-corrected chi connectivity index (χ4v) is 2.83. The molecule has 0 spiro atoms.